The Hall–Kier alpha value is -5.85. The van der Waals surface area contributed by atoms with Crippen molar-refractivity contribution < 1.29 is 37.1 Å². The summed E-state index contributed by atoms with van der Waals surface area (Å²) >= 11 is 0. The number of piperidine rings is 1. The maximum atomic E-state index is 14.9. The summed E-state index contributed by atoms with van der Waals surface area (Å²) in [5.74, 6) is -1.05. The van der Waals surface area contributed by atoms with E-state index in [-0.39, 0.29) is 57.7 Å². The van der Waals surface area contributed by atoms with Crippen molar-refractivity contribution in [3.63, 3.8) is 0 Å². The van der Waals surface area contributed by atoms with E-state index in [4.69, 9.17) is 9.47 Å². The minimum absolute atomic E-state index is 0.00431. The third-order valence-electron chi connectivity index (χ3n) is 15.8. The number of amides is 1. The summed E-state index contributed by atoms with van der Waals surface area (Å²) in [6.07, 6.45) is 12.9. The van der Waals surface area contributed by atoms with Crippen LogP contribution in [-0.2, 0) is 15.4 Å². The Morgan fingerprint density at radius 3 is 2.48 bits per heavy atom. The highest BCUT2D eigenvalue weighted by atomic mass is 32.2. The number of ether oxygens (including phenoxy) is 2. The van der Waals surface area contributed by atoms with Crippen LogP contribution in [-0.4, -0.2) is 95.2 Å². The zero-order chi connectivity index (χ0) is 48.3. The lowest BCUT2D eigenvalue weighted by Crippen LogP contribution is -2.63. The van der Waals surface area contributed by atoms with E-state index in [1.165, 1.54) is 44.2 Å². The molecule has 2 atom stereocenters. The van der Waals surface area contributed by atoms with E-state index in [2.05, 4.69) is 66.0 Å². The van der Waals surface area contributed by atoms with Gasteiger partial charge in [-0.3, -0.25) is 19.8 Å². The zero-order valence-corrected chi connectivity index (χ0v) is 40.2. The number of fused-ring (bicyclic) bond motifs is 1. The maximum absolute atomic E-state index is 14.9. The van der Waals surface area contributed by atoms with Gasteiger partial charge in [0.25, 0.3) is 21.8 Å². The van der Waals surface area contributed by atoms with Crippen molar-refractivity contribution in [1.82, 2.24) is 24.6 Å². The van der Waals surface area contributed by atoms with Gasteiger partial charge in [-0.05, 0) is 124 Å². The number of nitrogens with zero attached hydrogens (tertiary/aromatic N) is 5. The number of carbonyl (C=O) groups excluding carboxylic acids is 1. The fraction of sp³-hybridized carbons (Fsp3) is 0.510. The molecule has 2 saturated heterocycles. The highest BCUT2D eigenvalue weighted by Crippen LogP contribution is 2.54. The summed E-state index contributed by atoms with van der Waals surface area (Å²) in [7, 11) is -4.72. The standard InChI is InChI=1S/C51H61FN8O8S/c1-4-67-48-44(26-38-40(52)29-55-45(38)56-48)68-43-24-33(58-22-20-51(21-23-58)30-59(31-51)41-11-7-9-36(41)35-8-5-6-10-39(35)49(2)18-19-49)12-13-37(43)47(61)57-69(65,66)34-25-42(60(63)64)46(54-28-34)53-27-32-14-16-50(3,62)17-15-32/h5-6,8,10,12-13,24-26,28-29,32,36,41,62H,4,7,9,11,14-23,27,30-31H2,1-3H3,(H,53,54)(H,55,56)(H,57,61)/t32-,36-,41-,50-/m0/s1. The number of anilines is 2. The number of hydrogen-bond donors (Lipinski definition) is 4. The minimum atomic E-state index is -4.72. The number of carbonyl (C=O) groups is 1. The Kier molecular flexibility index (Phi) is 12.3. The van der Waals surface area contributed by atoms with E-state index >= 15 is 0 Å². The minimum Gasteiger partial charge on any atom is -0.475 e. The van der Waals surface area contributed by atoms with Crippen LogP contribution in [0.1, 0.15) is 119 Å². The summed E-state index contributed by atoms with van der Waals surface area (Å²) in [4.78, 5) is 41.3. The van der Waals surface area contributed by atoms with Gasteiger partial charge in [0.1, 0.15) is 22.1 Å². The average molecular weight is 965 g/mol. The summed E-state index contributed by atoms with van der Waals surface area (Å²) < 4.78 is 56.8. The molecular formula is C51H61FN8O8S. The Labute approximate surface area is 401 Å². The van der Waals surface area contributed by atoms with Gasteiger partial charge in [-0.2, -0.15) is 4.98 Å². The first-order valence-corrected chi connectivity index (χ1v) is 25.9. The SMILES string of the molecule is CCOc1nc2[nH]cc(F)c2cc1Oc1cc(N2CCC3(CC2)CN([C@H]2CCC[C@H]2c2ccccc2C2(C)CC2)C3)ccc1C(=O)NS(=O)(=O)c1cnc(NC[C@H]2CC[C@](C)(O)CC2)c([N+](=O)[O-])c1. The summed E-state index contributed by atoms with van der Waals surface area (Å²) in [6, 6.07) is 16.9. The number of likely N-dealkylation sites (tertiary alicyclic amines) is 1. The third kappa shape index (κ3) is 9.46. The molecular weight excluding hydrogens is 904 g/mol. The van der Waals surface area contributed by atoms with E-state index in [9.17, 15) is 32.8 Å². The van der Waals surface area contributed by atoms with Crippen LogP contribution in [0.5, 0.6) is 17.4 Å². The lowest BCUT2D eigenvalue weighted by atomic mass is 9.70. The molecule has 3 saturated carbocycles. The number of pyridine rings is 2. The molecule has 1 spiro atoms. The third-order valence-corrected chi connectivity index (χ3v) is 17.1. The molecule has 0 unspecified atom stereocenters. The first-order valence-electron chi connectivity index (χ1n) is 24.4. The quantitative estimate of drug-likeness (QED) is 0.0572. The second-order valence-electron chi connectivity index (χ2n) is 20.7. The predicted molar refractivity (Wildman–Crippen MR) is 259 cm³/mol. The van der Waals surface area contributed by atoms with E-state index in [0.717, 1.165) is 63.2 Å². The molecule has 0 radical (unpaired) electrons. The number of sulfonamides is 1. The van der Waals surface area contributed by atoms with Crippen LogP contribution in [0.4, 0.5) is 21.6 Å². The summed E-state index contributed by atoms with van der Waals surface area (Å²) in [6.45, 7) is 10.1. The molecule has 69 heavy (non-hydrogen) atoms. The lowest BCUT2D eigenvalue weighted by molar-refractivity contribution is -0.384. The molecule has 3 aliphatic carbocycles. The number of aromatic amines is 1. The van der Waals surface area contributed by atoms with E-state index in [1.807, 2.05) is 0 Å². The van der Waals surface area contributed by atoms with Crippen LogP contribution in [0.25, 0.3) is 11.0 Å². The van der Waals surface area contributed by atoms with Crippen molar-refractivity contribution in [3.05, 3.63) is 99.6 Å². The van der Waals surface area contributed by atoms with Gasteiger partial charge in [0, 0.05) is 68.8 Å². The molecule has 10 rings (SSSR count). The van der Waals surface area contributed by atoms with Gasteiger partial charge in [-0.1, -0.05) is 37.6 Å². The van der Waals surface area contributed by atoms with Crippen LogP contribution in [0.3, 0.4) is 0 Å². The molecule has 16 nitrogen and oxygen atoms in total. The molecule has 366 valence electrons. The van der Waals surface area contributed by atoms with Crippen molar-refractivity contribution in [3.8, 4) is 17.4 Å². The second kappa shape index (κ2) is 18.2. The number of benzene rings is 2. The smallest absolute Gasteiger partial charge is 0.312 e. The number of rotatable bonds is 15. The van der Waals surface area contributed by atoms with Crippen LogP contribution in [0, 0.1) is 27.3 Å². The molecule has 5 aromatic rings. The number of nitrogens with one attached hydrogen (secondary N) is 3. The molecule has 2 aromatic carbocycles. The predicted octanol–water partition coefficient (Wildman–Crippen LogP) is 8.96. The molecule has 5 fully saturated rings. The fourth-order valence-corrected chi connectivity index (χ4v) is 12.3. The van der Waals surface area contributed by atoms with Crippen molar-refractivity contribution in [2.75, 3.05) is 49.5 Å². The Morgan fingerprint density at radius 1 is 1.00 bits per heavy atom. The first kappa shape index (κ1) is 46.9. The van der Waals surface area contributed by atoms with Crippen LogP contribution in [0.15, 0.2) is 71.9 Å². The van der Waals surface area contributed by atoms with Gasteiger partial charge in [-0.15, -0.1) is 0 Å². The largest absolute Gasteiger partial charge is 0.475 e. The number of hydrogen-bond acceptors (Lipinski definition) is 13. The lowest BCUT2D eigenvalue weighted by Gasteiger charge is -2.57. The topological polar surface area (TPSA) is 205 Å². The van der Waals surface area contributed by atoms with Crippen molar-refractivity contribution >= 4 is 44.2 Å². The Morgan fingerprint density at radius 2 is 1.75 bits per heavy atom. The van der Waals surface area contributed by atoms with E-state index in [0.29, 0.717) is 49.6 Å². The van der Waals surface area contributed by atoms with Gasteiger partial charge in [0.05, 0.1) is 34.3 Å². The highest BCUT2D eigenvalue weighted by molar-refractivity contribution is 7.90. The van der Waals surface area contributed by atoms with Gasteiger partial charge in [-0.25, -0.2) is 22.5 Å². The van der Waals surface area contributed by atoms with E-state index in [1.54, 1.807) is 37.1 Å². The number of halogens is 1. The molecule has 18 heteroatoms. The fourth-order valence-electron chi connectivity index (χ4n) is 11.4. The van der Waals surface area contributed by atoms with Gasteiger partial charge >= 0.3 is 5.69 Å². The number of nitro groups is 1. The Balaban J connectivity index is 0.868. The van der Waals surface area contributed by atoms with Gasteiger partial charge < -0.3 is 29.8 Å². The van der Waals surface area contributed by atoms with Crippen molar-refractivity contribution in [2.45, 2.75) is 119 Å². The molecule has 2 aliphatic heterocycles. The normalized spacial score (nSPS) is 24.2. The summed E-state index contributed by atoms with van der Waals surface area (Å²) in [5, 5.41) is 25.6. The summed E-state index contributed by atoms with van der Waals surface area (Å²) in [5.41, 5.74) is 3.12. The molecule has 5 aliphatic rings. The average Bonchev–Trinajstić information content (AvgIpc) is 3.70. The molecule has 1 amide bonds. The molecule has 3 aromatic heterocycles. The number of aliphatic hydroxyl groups is 1. The molecule has 4 N–H and O–H groups in total. The van der Waals surface area contributed by atoms with Crippen LogP contribution >= 0.6 is 0 Å². The van der Waals surface area contributed by atoms with Crippen molar-refractivity contribution in [1.29, 1.82) is 0 Å². The second-order valence-corrected chi connectivity index (χ2v) is 22.4. The van der Waals surface area contributed by atoms with Gasteiger partial charge in [0.2, 0.25) is 5.82 Å². The number of aromatic nitrogens is 3. The van der Waals surface area contributed by atoms with Crippen molar-refractivity contribution in [2.24, 2.45) is 11.3 Å². The molecule has 5 heterocycles. The van der Waals surface area contributed by atoms with Crippen LogP contribution < -0.4 is 24.4 Å². The first-order chi connectivity index (χ1) is 33.0. The zero-order valence-electron chi connectivity index (χ0n) is 39.4. The van der Waals surface area contributed by atoms with Crippen LogP contribution in [0.2, 0.25) is 0 Å². The van der Waals surface area contributed by atoms with E-state index < -0.39 is 42.9 Å². The number of H-pyrrole nitrogens is 1. The molecule has 0 bridgehead atoms. The van der Waals surface area contributed by atoms with Gasteiger partial charge in [0.15, 0.2) is 5.75 Å². The maximum Gasteiger partial charge on any atom is 0.312 e. The highest BCUT2D eigenvalue weighted by Gasteiger charge is 2.50. The monoisotopic (exact) mass is 964 g/mol. The Bertz CT molecular complexity index is 2880.